The van der Waals surface area contributed by atoms with Crippen LogP contribution in [0.5, 0.6) is 0 Å². The zero-order chi connectivity index (χ0) is 16.5. The van der Waals surface area contributed by atoms with E-state index in [2.05, 4.69) is 15.0 Å². The maximum Gasteiger partial charge on any atom is 0.322 e. The lowest BCUT2D eigenvalue weighted by Crippen LogP contribution is -2.36. The molecule has 23 heavy (non-hydrogen) atoms. The van der Waals surface area contributed by atoms with Gasteiger partial charge in [-0.15, -0.1) is 0 Å². The average molecular weight is 313 g/mol. The summed E-state index contributed by atoms with van der Waals surface area (Å²) in [5.41, 5.74) is 1.59. The van der Waals surface area contributed by atoms with E-state index >= 15 is 0 Å². The monoisotopic (exact) mass is 313 g/mol. The minimum atomic E-state index is -0.353. The molecule has 6 heteroatoms. The number of rotatable bonds is 6. The number of para-hydroxylation sites is 1. The molecular weight excluding hydrogens is 294 g/mol. The Labute approximate surface area is 135 Å². The van der Waals surface area contributed by atoms with Crippen LogP contribution in [-0.4, -0.2) is 35.5 Å². The highest BCUT2D eigenvalue weighted by Gasteiger charge is 2.16. The Hall–Kier alpha value is -2.89. The van der Waals surface area contributed by atoms with Crippen molar-refractivity contribution in [2.24, 2.45) is 0 Å². The molecular formula is C17H19N3O3. The van der Waals surface area contributed by atoms with Crippen LogP contribution in [0.2, 0.25) is 0 Å². The zero-order valence-corrected chi connectivity index (χ0v) is 12.9. The van der Waals surface area contributed by atoms with Crippen LogP contribution in [0, 0.1) is 0 Å². The number of nitrogens with one attached hydrogen (secondary N) is 1. The Morgan fingerprint density at radius 1 is 1.17 bits per heavy atom. The number of aromatic nitrogens is 1. The van der Waals surface area contributed by atoms with Crippen molar-refractivity contribution in [2.45, 2.75) is 13.0 Å². The molecule has 0 spiro atoms. The van der Waals surface area contributed by atoms with Crippen molar-refractivity contribution in [2.75, 3.05) is 19.0 Å². The third-order valence-corrected chi connectivity index (χ3v) is 3.22. The Bertz CT molecular complexity index is 632. The van der Waals surface area contributed by atoms with E-state index in [0.29, 0.717) is 12.2 Å². The molecule has 0 saturated carbocycles. The number of hydrogen-bond acceptors (Lipinski definition) is 4. The maximum atomic E-state index is 12.5. The third kappa shape index (κ3) is 5.43. The molecule has 0 aliphatic rings. The predicted molar refractivity (Wildman–Crippen MR) is 86.7 cm³/mol. The van der Waals surface area contributed by atoms with E-state index in [0.717, 1.165) is 5.56 Å². The van der Waals surface area contributed by atoms with E-state index in [9.17, 15) is 9.59 Å². The second-order valence-electron chi connectivity index (χ2n) is 4.91. The van der Waals surface area contributed by atoms with Gasteiger partial charge in [0.25, 0.3) is 0 Å². The number of carbonyl (C=O) groups is 2. The van der Waals surface area contributed by atoms with E-state index in [1.807, 2.05) is 30.3 Å². The number of pyridine rings is 1. The number of carbonyl (C=O) groups excluding carboxylic acids is 2. The summed E-state index contributed by atoms with van der Waals surface area (Å²) >= 11 is 0. The number of hydrogen-bond donors (Lipinski definition) is 1. The van der Waals surface area contributed by atoms with Crippen molar-refractivity contribution in [3.63, 3.8) is 0 Å². The molecule has 0 bridgehead atoms. The van der Waals surface area contributed by atoms with Gasteiger partial charge in [0.2, 0.25) is 0 Å². The van der Waals surface area contributed by atoms with Gasteiger partial charge in [-0.25, -0.2) is 4.79 Å². The summed E-state index contributed by atoms with van der Waals surface area (Å²) in [6.45, 7) is 0.629. The third-order valence-electron chi connectivity index (χ3n) is 3.22. The van der Waals surface area contributed by atoms with Crippen LogP contribution < -0.4 is 5.32 Å². The lowest BCUT2D eigenvalue weighted by atomic mass is 10.2. The first-order valence-electron chi connectivity index (χ1n) is 7.25. The first-order chi connectivity index (χ1) is 11.2. The fourth-order valence-corrected chi connectivity index (χ4v) is 2.02. The number of nitrogens with zero attached hydrogens (tertiary/aromatic N) is 2. The second-order valence-corrected chi connectivity index (χ2v) is 4.91. The molecule has 0 unspecified atom stereocenters. The van der Waals surface area contributed by atoms with Gasteiger partial charge in [-0.2, -0.15) is 0 Å². The van der Waals surface area contributed by atoms with Gasteiger partial charge in [-0.05, 0) is 23.8 Å². The minimum absolute atomic E-state index is 0.138. The predicted octanol–water partition coefficient (Wildman–Crippen LogP) is 2.68. The SMILES string of the molecule is COC(=O)CCN(Cc1cccnc1)C(=O)Nc1ccccc1. The molecule has 120 valence electrons. The summed E-state index contributed by atoms with van der Waals surface area (Å²) < 4.78 is 4.64. The maximum absolute atomic E-state index is 12.5. The van der Waals surface area contributed by atoms with Crippen LogP contribution >= 0.6 is 0 Å². The average Bonchev–Trinajstić information content (AvgIpc) is 2.60. The standard InChI is InChI=1S/C17H19N3O3/c1-23-16(21)9-11-20(13-14-6-5-10-18-12-14)17(22)19-15-7-3-2-4-8-15/h2-8,10,12H,9,11,13H2,1H3,(H,19,22). The van der Waals surface area contributed by atoms with Crippen LogP contribution in [0.1, 0.15) is 12.0 Å². The van der Waals surface area contributed by atoms with Gasteiger partial charge < -0.3 is 15.0 Å². The highest BCUT2D eigenvalue weighted by atomic mass is 16.5. The minimum Gasteiger partial charge on any atom is -0.469 e. The van der Waals surface area contributed by atoms with Crippen molar-refractivity contribution in [3.05, 3.63) is 60.4 Å². The fourth-order valence-electron chi connectivity index (χ4n) is 2.02. The van der Waals surface area contributed by atoms with Crippen LogP contribution in [0.25, 0.3) is 0 Å². The lowest BCUT2D eigenvalue weighted by molar-refractivity contribution is -0.140. The summed E-state index contributed by atoms with van der Waals surface area (Å²) in [7, 11) is 1.33. The number of ether oxygens (including phenoxy) is 1. The topological polar surface area (TPSA) is 71.5 Å². The Balaban J connectivity index is 2.05. The van der Waals surface area contributed by atoms with E-state index in [4.69, 9.17) is 0 Å². The first-order valence-corrected chi connectivity index (χ1v) is 7.25. The van der Waals surface area contributed by atoms with Crippen LogP contribution in [0.4, 0.5) is 10.5 Å². The summed E-state index contributed by atoms with van der Waals surface area (Å²) in [5.74, 6) is -0.353. The normalized spacial score (nSPS) is 9.96. The van der Waals surface area contributed by atoms with Crippen LogP contribution in [0.3, 0.4) is 0 Å². The molecule has 1 aromatic carbocycles. The van der Waals surface area contributed by atoms with Gasteiger partial charge in [0.1, 0.15) is 0 Å². The second kappa shape index (κ2) is 8.53. The van der Waals surface area contributed by atoms with Gasteiger partial charge in [0.05, 0.1) is 13.5 Å². The van der Waals surface area contributed by atoms with Gasteiger partial charge in [-0.3, -0.25) is 9.78 Å². The van der Waals surface area contributed by atoms with Gasteiger partial charge in [0.15, 0.2) is 0 Å². The van der Waals surface area contributed by atoms with E-state index in [1.54, 1.807) is 29.4 Å². The van der Waals surface area contributed by atoms with Crippen molar-refractivity contribution in [3.8, 4) is 0 Å². The van der Waals surface area contributed by atoms with Gasteiger partial charge >= 0.3 is 12.0 Å². The molecule has 0 fully saturated rings. The van der Waals surface area contributed by atoms with Crippen molar-refractivity contribution >= 4 is 17.7 Å². The number of anilines is 1. The molecule has 6 nitrogen and oxygen atoms in total. The molecule has 0 aliphatic heterocycles. The molecule has 2 amide bonds. The number of urea groups is 1. The molecule has 1 heterocycles. The highest BCUT2D eigenvalue weighted by molar-refractivity contribution is 5.89. The van der Waals surface area contributed by atoms with E-state index < -0.39 is 0 Å². The summed E-state index contributed by atoms with van der Waals surface area (Å²) in [5, 5.41) is 2.82. The molecule has 1 aromatic heterocycles. The molecule has 2 rings (SSSR count). The summed E-state index contributed by atoms with van der Waals surface area (Å²) in [6.07, 6.45) is 3.51. The molecule has 0 radical (unpaired) electrons. The summed E-state index contributed by atoms with van der Waals surface area (Å²) in [6, 6.07) is 12.6. The van der Waals surface area contributed by atoms with Gasteiger partial charge in [0, 0.05) is 31.2 Å². The Morgan fingerprint density at radius 2 is 1.96 bits per heavy atom. The van der Waals surface area contributed by atoms with Crippen LogP contribution in [0.15, 0.2) is 54.9 Å². The van der Waals surface area contributed by atoms with E-state index in [1.165, 1.54) is 7.11 Å². The highest BCUT2D eigenvalue weighted by Crippen LogP contribution is 2.10. The molecule has 0 atom stereocenters. The number of methoxy groups -OCH3 is 1. The first kappa shape index (κ1) is 16.5. The lowest BCUT2D eigenvalue weighted by Gasteiger charge is -2.22. The summed E-state index contributed by atoms with van der Waals surface area (Å²) in [4.78, 5) is 29.4. The Morgan fingerprint density at radius 3 is 2.61 bits per heavy atom. The van der Waals surface area contributed by atoms with Crippen molar-refractivity contribution in [1.82, 2.24) is 9.88 Å². The van der Waals surface area contributed by atoms with Crippen LogP contribution in [-0.2, 0) is 16.1 Å². The number of esters is 1. The molecule has 1 N–H and O–H groups in total. The van der Waals surface area contributed by atoms with Crippen molar-refractivity contribution in [1.29, 1.82) is 0 Å². The quantitative estimate of drug-likeness (QED) is 0.832. The fraction of sp³-hybridized carbons (Fsp3) is 0.235. The largest absolute Gasteiger partial charge is 0.469 e. The molecule has 0 saturated heterocycles. The Kier molecular flexibility index (Phi) is 6.11. The van der Waals surface area contributed by atoms with Crippen molar-refractivity contribution < 1.29 is 14.3 Å². The number of benzene rings is 1. The molecule has 0 aliphatic carbocycles. The van der Waals surface area contributed by atoms with E-state index in [-0.39, 0.29) is 25.0 Å². The zero-order valence-electron chi connectivity index (χ0n) is 12.9. The molecule has 2 aromatic rings. The van der Waals surface area contributed by atoms with Gasteiger partial charge in [-0.1, -0.05) is 24.3 Å². The number of amides is 2. The smallest absolute Gasteiger partial charge is 0.322 e.